The van der Waals surface area contributed by atoms with Crippen molar-refractivity contribution in [3.8, 4) is 0 Å². The maximum absolute atomic E-state index is 15.2. The van der Waals surface area contributed by atoms with Gasteiger partial charge in [-0.1, -0.05) is 18.2 Å². The van der Waals surface area contributed by atoms with Gasteiger partial charge in [-0.05, 0) is 18.9 Å². The number of rotatable bonds is 2. The van der Waals surface area contributed by atoms with Crippen LogP contribution in [0.25, 0.3) is 0 Å². The lowest BCUT2D eigenvalue weighted by Crippen LogP contribution is -2.52. The van der Waals surface area contributed by atoms with Gasteiger partial charge < -0.3 is 0 Å². The smallest absolute Gasteiger partial charge is 0.238 e. The van der Waals surface area contributed by atoms with E-state index < -0.39 is 33.8 Å². The third-order valence-corrected chi connectivity index (χ3v) is 5.51. The number of fused-ring (bicyclic) bond motifs is 2. The minimum atomic E-state index is -3.83. The summed E-state index contributed by atoms with van der Waals surface area (Å²) in [6, 6.07) is 4.80. The quantitative estimate of drug-likeness (QED) is 0.905. The Balaban J connectivity index is 1.96. The average molecular weight is 302 g/mol. The number of hydrogen-bond acceptors (Lipinski definition) is 2. The van der Waals surface area contributed by atoms with Gasteiger partial charge in [0.1, 0.15) is 11.5 Å². The summed E-state index contributed by atoms with van der Waals surface area (Å²) in [5, 5.41) is 5.19. The van der Waals surface area contributed by atoms with E-state index in [-0.39, 0.29) is 18.4 Å². The van der Waals surface area contributed by atoms with Crippen molar-refractivity contribution >= 4 is 10.2 Å². The molecule has 2 aliphatic rings. The fourth-order valence-electron chi connectivity index (χ4n) is 3.61. The maximum Gasteiger partial charge on any atom is 0.277 e. The Morgan fingerprint density at radius 2 is 1.75 bits per heavy atom. The summed E-state index contributed by atoms with van der Waals surface area (Å²) >= 11 is 0. The molecule has 3 rings (SSSR count). The van der Waals surface area contributed by atoms with Crippen LogP contribution in [-0.2, 0) is 15.9 Å². The standard InChI is InChI=1S/C13H16F2N2O2S/c14-12-4-2-1-3-11(12)13(15)7-9-5-6-10(8-13)17(9)20(16,18)19/h1-4,9-10H,5-8H2,(H2,16,18,19). The van der Waals surface area contributed by atoms with Crippen LogP contribution in [0, 0.1) is 5.82 Å². The van der Waals surface area contributed by atoms with Gasteiger partial charge in [-0.25, -0.2) is 13.9 Å². The van der Waals surface area contributed by atoms with Crippen LogP contribution in [0.2, 0.25) is 0 Å². The van der Waals surface area contributed by atoms with Gasteiger partial charge in [0.05, 0.1) is 0 Å². The summed E-state index contributed by atoms with van der Waals surface area (Å²) in [5.74, 6) is -0.585. The average Bonchev–Trinajstić information content (AvgIpc) is 2.63. The largest absolute Gasteiger partial charge is 0.277 e. The van der Waals surface area contributed by atoms with Gasteiger partial charge in [0.2, 0.25) is 0 Å². The molecule has 2 heterocycles. The van der Waals surface area contributed by atoms with Gasteiger partial charge in [0.25, 0.3) is 10.2 Å². The minimum Gasteiger partial charge on any atom is -0.238 e. The summed E-state index contributed by atoms with van der Waals surface area (Å²) in [6.07, 6.45) is 1.06. The zero-order valence-electron chi connectivity index (χ0n) is 10.8. The van der Waals surface area contributed by atoms with E-state index in [0.29, 0.717) is 12.8 Å². The number of alkyl halides is 1. The molecule has 0 radical (unpaired) electrons. The highest BCUT2D eigenvalue weighted by atomic mass is 32.2. The molecule has 0 aromatic heterocycles. The molecule has 0 saturated carbocycles. The second-order valence-corrected chi connectivity index (χ2v) is 7.06. The summed E-state index contributed by atoms with van der Waals surface area (Å²) in [7, 11) is -3.83. The molecule has 2 fully saturated rings. The summed E-state index contributed by atoms with van der Waals surface area (Å²) in [5.41, 5.74) is -1.80. The molecular weight excluding hydrogens is 286 g/mol. The van der Waals surface area contributed by atoms with Crippen molar-refractivity contribution in [2.75, 3.05) is 0 Å². The van der Waals surface area contributed by atoms with E-state index >= 15 is 4.39 Å². The Morgan fingerprint density at radius 1 is 1.20 bits per heavy atom. The zero-order valence-corrected chi connectivity index (χ0v) is 11.6. The maximum atomic E-state index is 15.2. The second-order valence-electron chi connectivity index (χ2n) is 5.61. The lowest BCUT2D eigenvalue weighted by Gasteiger charge is -2.40. The number of halogens is 2. The first-order valence-electron chi connectivity index (χ1n) is 6.56. The van der Waals surface area contributed by atoms with Crippen LogP contribution in [-0.4, -0.2) is 24.8 Å². The van der Waals surface area contributed by atoms with E-state index in [1.165, 1.54) is 22.5 Å². The van der Waals surface area contributed by atoms with Crippen molar-refractivity contribution in [1.82, 2.24) is 4.31 Å². The topological polar surface area (TPSA) is 63.4 Å². The van der Waals surface area contributed by atoms with Crippen LogP contribution in [0.5, 0.6) is 0 Å². The Morgan fingerprint density at radius 3 is 2.25 bits per heavy atom. The van der Waals surface area contributed by atoms with Gasteiger partial charge in [-0.15, -0.1) is 0 Å². The number of piperidine rings is 1. The van der Waals surface area contributed by atoms with E-state index in [9.17, 15) is 12.8 Å². The van der Waals surface area contributed by atoms with E-state index in [0.717, 1.165) is 0 Å². The molecule has 2 aliphatic heterocycles. The van der Waals surface area contributed by atoms with Crippen molar-refractivity contribution in [1.29, 1.82) is 0 Å². The van der Waals surface area contributed by atoms with Crippen LogP contribution in [0.1, 0.15) is 31.2 Å². The van der Waals surface area contributed by atoms with Crippen molar-refractivity contribution in [2.24, 2.45) is 5.14 Å². The third-order valence-electron chi connectivity index (χ3n) is 4.32. The van der Waals surface area contributed by atoms with Crippen LogP contribution < -0.4 is 5.14 Å². The number of benzene rings is 1. The van der Waals surface area contributed by atoms with Crippen LogP contribution >= 0.6 is 0 Å². The van der Waals surface area contributed by atoms with Crippen LogP contribution in [0.4, 0.5) is 8.78 Å². The fourth-order valence-corrected chi connectivity index (χ4v) is 4.80. The predicted octanol–water partition coefficient (Wildman–Crippen LogP) is 1.82. The second kappa shape index (κ2) is 4.47. The van der Waals surface area contributed by atoms with Crippen LogP contribution in [0.15, 0.2) is 24.3 Å². The van der Waals surface area contributed by atoms with Crippen LogP contribution in [0.3, 0.4) is 0 Å². The Hall–Kier alpha value is -1.05. The fraction of sp³-hybridized carbons (Fsp3) is 0.538. The highest BCUT2D eigenvalue weighted by molar-refractivity contribution is 7.86. The van der Waals surface area contributed by atoms with Crippen molar-refractivity contribution in [3.05, 3.63) is 35.6 Å². The molecule has 1 aromatic carbocycles. The lowest BCUT2D eigenvalue weighted by molar-refractivity contribution is 0.0449. The molecule has 0 amide bonds. The lowest BCUT2D eigenvalue weighted by atomic mass is 9.83. The molecule has 2 saturated heterocycles. The van der Waals surface area contributed by atoms with E-state index in [4.69, 9.17) is 5.14 Å². The zero-order chi connectivity index (χ0) is 14.5. The molecule has 0 spiro atoms. The molecule has 110 valence electrons. The van der Waals surface area contributed by atoms with Crippen molar-refractivity contribution in [2.45, 2.75) is 43.4 Å². The first-order chi connectivity index (χ1) is 9.31. The van der Waals surface area contributed by atoms with Crippen molar-refractivity contribution < 1.29 is 17.2 Å². The van der Waals surface area contributed by atoms with Gasteiger partial charge in [-0.2, -0.15) is 12.7 Å². The van der Waals surface area contributed by atoms with E-state index in [1.807, 2.05) is 0 Å². The highest BCUT2D eigenvalue weighted by Crippen LogP contribution is 2.49. The van der Waals surface area contributed by atoms with E-state index in [2.05, 4.69) is 0 Å². The Bertz CT molecular complexity index is 621. The molecule has 4 nitrogen and oxygen atoms in total. The number of nitrogens with two attached hydrogens (primary N) is 1. The summed E-state index contributed by atoms with van der Waals surface area (Å²) < 4.78 is 53.3. The first kappa shape index (κ1) is 13.9. The molecule has 1 aromatic rings. The summed E-state index contributed by atoms with van der Waals surface area (Å²) in [4.78, 5) is 0. The van der Waals surface area contributed by atoms with Crippen molar-refractivity contribution in [3.63, 3.8) is 0 Å². The molecule has 2 atom stereocenters. The number of hydrogen-bond donors (Lipinski definition) is 1. The molecule has 0 aliphatic carbocycles. The van der Waals surface area contributed by atoms with Gasteiger partial charge in [-0.3, -0.25) is 0 Å². The predicted molar refractivity (Wildman–Crippen MR) is 70.2 cm³/mol. The molecule has 2 bridgehead atoms. The molecule has 2 unspecified atom stereocenters. The number of nitrogens with zero attached hydrogens (tertiary/aromatic N) is 1. The Kier molecular flexibility index (Phi) is 3.11. The summed E-state index contributed by atoms with van der Waals surface area (Å²) in [6.45, 7) is 0. The first-order valence-corrected chi connectivity index (χ1v) is 8.07. The monoisotopic (exact) mass is 302 g/mol. The molecule has 7 heteroatoms. The molecular formula is C13H16F2N2O2S. The van der Waals surface area contributed by atoms with Gasteiger partial charge >= 0.3 is 0 Å². The third kappa shape index (κ3) is 2.13. The van der Waals surface area contributed by atoms with Gasteiger partial charge in [0, 0.05) is 30.5 Å². The highest BCUT2D eigenvalue weighted by Gasteiger charge is 2.53. The van der Waals surface area contributed by atoms with E-state index in [1.54, 1.807) is 6.07 Å². The Labute approximate surface area is 116 Å². The minimum absolute atomic E-state index is 0.0194. The van der Waals surface area contributed by atoms with Gasteiger partial charge in [0.15, 0.2) is 0 Å². The normalized spacial score (nSPS) is 34.4. The molecule has 20 heavy (non-hydrogen) atoms. The SMILES string of the molecule is NS(=O)(=O)N1C2CCC1CC(F)(c1ccccc1F)C2. The molecule has 2 N–H and O–H groups in total.